The van der Waals surface area contributed by atoms with Crippen LogP contribution in [0.15, 0.2) is 55.1 Å². The van der Waals surface area contributed by atoms with Gasteiger partial charge in [0.05, 0.1) is 5.69 Å². The van der Waals surface area contributed by atoms with Crippen LogP contribution in [-0.4, -0.2) is 99.3 Å². The summed E-state index contributed by atoms with van der Waals surface area (Å²) in [7, 11) is 0. The van der Waals surface area contributed by atoms with Gasteiger partial charge in [-0.1, -0.05) is 0 Å². The first-order valence-electron chi connectivity index (χ1n) is 13.9. The van der Waals surface area contributed by atoms with E-state index in [4.69, 9.17) is 9.72 Å². The molecule has 39 heavy (non-hydrogen) atoms. The smallest absolute Gasteiger partial charge is 0.410 e. The molecule has 0 N–H and O–H groups in total. The van der Waals surface area contributed by atoms with Crippen molar-refractivity contribution in [2.24, 2.45) is 0 Å². The summed E-state index contributed by atoms with van der Waals surface area (Å²) in [4.78, 5) is 30.9. The molecular weight excluding hydrogens is 492 g/mol. The molecule has 4 aromatic rings. The average Bonchev–Trinajstić information content (AvgIpc) is 3.57. The maximum Gasteiger partial charge on any atom is 0.410 e. The van der Waals surface area contributed by atoms with Crippen LogP contribution in [0.25, 0.3) is 16.7 Å². The first kappa shape index (κ1) is 25.5. The van der Waals surface area contributed by atoms with Crippen molar-refractivity contribution in [3.63, 3.8) is 0 Å². The zero-order valence-electron chi connectivity index (χ0n) is 23.2. The van der Waals surface area contributed by atoms with E-state index < -0.39 is 5.60 Å². The van der Waals surface area contributed by atoms with Gasteiger partial charge >= 0.3 is 6.09 Å². The Morgan fingerprint density at radius 3 is 2.41 bits per heavy atom. The van der Waals surface area contributed by atoms with Gasteiger partial charge in [0.15, 0.2) is 0 Å². The number of pyridine rings is 2. The molecule has 2 fully saturated rings. The van der Waals surface area contributed by atoms with Gasteiger partial charge in [0.25, 0.3) is 0 Å². The van der Waals surface area contributed by atoms with Gasteiger partial charge < -0.3 is 28.4 Å². The first-order chi connectivity index (χ1) is 18.8. The molecule has 0 aromatic carbocycles. The monoisotopic (exact) mass is 530 g/mol. The van der Waals surface area contributed by atoms with Crippen molar-refractivity contribution < 1.29 is 9.53 Å². The van der Waals surface area contributed by atoms with Crippen molar-refractivity contribution in [3.8, 4) is 0 Å². The Morgan fingerprint density at radius 1 is 0.872 bits per heavy atom. The summed E-state index contributed by atoms with van der Waals surface area (Å²) in [6.07, 6.45) is 7.92. The summed E-state index contributed by atoms with van der Waals surface area (Å²) in [5, 5.41) is 1.17. The van der Waals surface area contributed by atoms with Gasteiger partial charge in [-0.2, -0.15) is 0 Å². The lowest BCUT2D eigenvalue weighted by atomic mass is 10.2. The molecule has 0 spiro atoms. The molecule has 2 saturated heterocycles. The fourth-order valence-electron chi connectivity index (χ4n) is 5.43. The maximum atomic E-state index is 12.4. The average molecular weight is 531 g/mol. The van der Waals surface area contributed by atoms with Gasteiger partial charge in [0, 0.05) is 95.6 Å². The predicted octanol–water partition coefficient (Wildman–Crippen LogP) is 3.56. The molecule has 0 atom stereocenters. The Morgan fingerprint density at radius 2 is 1.64 bits per heavy atom. The molecule has 0 saturated carbocycles. The van der Waals surface area contributed by atoms with Gasteiger partial charge in [0.2, 0.25) is 0 Å². The van der Waals surface area contributed by atoms with Crippen molar-refractivity contribution in [1.29, 1.82) is 0 Å². The van der Waals surface area contributed by atoms with E-state index in [-0.39, 0.29) is 6.09 Å². The fourth-order valence-corrected chi connectivity index (χ4v) is 5.43. The van der Waals surface area contributed by atoms with Crippen molar-refractivity contribution in [2.45, 2.75) is 32.9 Å². The molecule has 6 heterocycles. The number of ether oxygens (including phenoxy) is 1. The number of imidazole rings is 1. The second-order valence-electron chi connectivity index (χ2n) is 11.5. The van der Waals surface area contributed by atoms with Crippen LogP contribution < -0.4 is 9.80 Å². The number of hydrogen-bond acceptors (Lipinski definition) is 7. The van der Waals surface area contributed by atoms with E-state index in [9.17, 15) is 4.79 Å². The van der Waals surface area contributed by atoms with Gasteiger partial charge in [-0.3, -0.25) is 4.90 Å². The molecule has 6 rings (SSSR count). The van der Waals surface area contributed by atoms with Crippen molar-refractivity contribution >= 4 is 34.3 Å². The molecule has 10 nitrogen and oxygen atoms in total. The molecule has 0 bridgehead atoms. The largest absolute Gasteiger partial charge is 0.444 e. The number of anilines is 2. The normalized spacial score (nSPS) is 17.4. The van der Waals surface area contributed by atoms with Crippen LogP contribution in [0, 0.1) is 0 Å². The van der Waals surface area contributed by atoms with E-state index in [1.165, 1.54) is 11.1 Å². The van der Waals surface area contributed by atoms with E-state index in [1.807, 2.05) is 38.1 Å². The third kappa shape index (κ3) is 5.66. The molecule has 0 unspecified atom stereocenters. The van der Waals surface area contributed by atoms with Crippen LogP contribution in [0.3, 0.4) is 0 Å². The highest BCUT2D eigenvalue weighted by Crippen LogP contribution is 2.23. The summed E-state index contributed by atoms with van der Waals surface area (Å²) in [6.45, 7) is 14.4. The summed E-state index contributed by atoms with van der Waals surface area (Å²) >= 11 is 0. The Balaban J connectivity index is 1.04. The molecule has 10 heteroatoms. The maximum absolute atomic E-state index is 12.4. The number of piperazine rings is 2. The SMILES string of the molecule is CC(C)(C)OC(=O)N1CCN(CCn2ccc3ccc(N4CCN(c5ccc6nccn6c5)CC4)nc32)CC1. The third-order valence-corrected chi connectivity index (χ3v) is 7.62. The summed E-state index contributed by atoms with van der Waals surface area (Å²) < 4.78 is 9.86. The zero-order chi connectivity index (χ0) is 27.0. The lowest BCUT2D eigenvalue weighted by molar-refractivity contribution is 0.0143. The molecule has 4 aromatic heterocycles. The first-order valence-corrected chi connectivity index (χ1v) is 13.9. The fraction of sp³-hybridized carbons (Fsp3) is 0.483. The molecule has 206 valence electrons. The number of carbonyl (C=O) groups excluding carboxylic acids is 1. The number of rotatable bonds is 5. The molecule has 2 aliphatic heterocycles. The van der Waals surface area contributed by atoms with E-state index in [1.54, 1.807) is 0 Å². The van der Waals surface area contributed by atoms with Crippen LogP contribution >= 0.6 is 0 Å². The molecular formula is C29H38N8O2. The Labute approximate surface area is 229 Å². The van der Waals surface area contributed by atoms with Crippen LogP contribution in [0.1, 0.15) is 20.8 Å². The highest BCUT2D eigenvalue weighted by molar-refractivity contribution is 5.78. The van der Waals surface area contributed by atoms with Crippen LogP contribution in [-0.2, 0) is 11.3 Å². The second-order valence-corrected chi connectivity index (χ2v) is 11.5. The standard InChI is InChI=1S/C29H38N8O2/c1-29(2,3)39-28(38)36-16-13-32(14-17-36)12-15-35-10-8-23-4-6-26(31-27(23)35)34-20-18-33(19-21-34)24-5-7-25-30-9-11-37(25)22-24/h4-11,22H,12-21H2,1-3H3. The minimum Gasteiger partial charge on any atom is -0.444 e. The van der Waals surface area contributed by atoms with Gasteiger partial charge in [0.1, 0.15) is 22.7 Å². The zero-order valence-corrected chi connectivity index (χ0v) is 23.2. The van der Waals surface area contributed by atoms with Gasteiger partial charge in [-0.05, 0) is 51.1 Å². The third-order valence-electron chi connectivity index (χ3n) is 7.62. The molecule has 2 aliphatic rings. The van der Waals surface area contributed by atoms with E-state index in [0.29, 0.717) is 13.1 Å². The van der Waals surface area contributed by atoms with Crippen LogP contribution in [0.4, 0.5) is 16.3 Å². The lowest BCUT2D eigenvalue weighted by Crippen LogP contribution is -2.50. The number of hydrogen-bond donors (Lipinski definition) is 0. The van der Waals surface area contributed by atoms with Crippen LogP contribution in [0.5, 0.6) is 0 Å². The van der Waals surface area contributed by atoms with Gasteiger partial charge in [-0.15, -0.1) is 0 Å². The van der Waals surface area contributed by atoms with Crippen molar-refractivity contribution in [1.82, 2.24) is 28.7 Å². The summed E-state index contributed by atoms with van der Waals surface area (Å²) in [5.41, 5.74) is 2.77. The highest BCUT2D eigenvalue weighted by Gasteiger charge is 2.26. The molecule has 0 radical (unpaired) electrons. The number of fused-ring (bicyclic) bond motifs is 2. The van der Waals surface area contributed by atoms with Crippen molar-refractivity contribution in [2.75, 3.05) is 68.7 Å². The topological polar surface area (TPSA) is 74.4 Å². The van der Waals surface area contributed by atoms with Crippen molar-refractivity contribution in [3.05, 3.63) is 55.1 Å². The number of nitrogens with zero attached hydrogens (tertiary/aromatic N) is 8. The predicted molar refractivity (Wildman–Crippen MR) is 154 cm³/mol. The molecule has 0 aliphatic carbocycles. The minimum atomic E-state index is -0.459. The number of aromatic nitrogens is 4. The van der Waals surface area contributed by atoms with E-state index in [2.05, 4.69) is 71.4 Å². The number of amides is 1. The molecule has 1 amide bonds. The van der Waals surface area contributed by atoms with E-state index >= 15 is 0 Å². The Hall–Kier alpha value is -3.79. The number of carbonyl (C=O) groups is 1. The summed E-state index contributed by atoms with van der Waals surface area (Å²) in [5.74, 6) is 1.04. The highest BCUT2D eigenvalue weighted by atomic mass is 16.6. The minimum absolute atomic E-state index is 0.213. The second kappa shape index (κ2) is 10.4. The lowest BCUT2D eigenvalue weighted by Gasteiger charge is -2.36. The van der Waals surface area contributed by atoms with Gasteiger partial charge in [-0.25, -0.2) is 14.8 Å². The summed E-state index contributed by atoms with van der Waals surface area (Å²) in [6, 6.07) is 10.7. The van der Waals surface area contributed by atoms with Crippen LogP contribution in [0.2, 0.25) is 0 Å². The van der Waals surface area contributed by atoms with E-state index in [0.717, 1.165) is 69.5 Å². The quantitative estimate of drug-likeness (QED) is 0.391. The Bertz CT molecular complexity index is 1440. The Kier molecular flexibility index (Phi) is 6.80.